The molecule has 126 valence electrons. The molecule has 0 aliphatic rings. The van der Waals surface area contributed by atoms with Crippen LogP contribution in [0.4, 0.5) is 0 Å². The smallest absolute Gasteiger partial charge is 0.201 e. The van der Waals surface area contributed by atoms with E-state index < -0.39 is 7.37 Å². The van der Waals surface area contributed by atoms with Crippen LogP contribution in [0.5, 0.6) is 0 Å². The first-order valence-electron chi connectivity index (χ1n) is 8.29. The minimum absolute atomic E-state index is 0. The Morgan fingerprint density at radius 1 is 0.850 bits per heavy atom. The Balaban J connectivity index is 0. The van der Waals surface area contributed by atoms with E-state index in [1.165, 1.54) is 25.7 Å². The van der Waals surface area contributed by atoms with Crippen molar-refractivity contribution < 1.29 is 25.9 Å². The van der Waals surface area contributed by atoms with Gasteiger partial charge in [0.15, 0.2) is 0 Å². The van der Waals surface area contributed by atoms with E-state index in [2.05, 4.69) is 27.7 Å². The molecule has 0 fully saturated rings. The van der Waals surface area contributed by atoms with E-state index in [4.69, 9.17) is 0 Å². The van der Waals surface area contributed by atoms with Crippen LogP contribution in [0.15, 0.2) is 0 Å². The van der Waals surface area contributed by atoms with E-state index >= 15 is 0 Å². The van der Waals surface area contributed by atoms with Gasteiger partial charge in [-0.1, -0.05) is 66.2 Å². The maximum Gasteiger partial charge on any atom is 0.201 e. The third kappa shape index (κ3) is 11.4. The molecule has 0 rings (SSSR count). The van der Waals surface area contributed by atoms with Gasteiger partial charge in [-0.2, -0.15) is 0 Å². The van der Waals surface area contributed by atoms with Gasteiger partial charge >= 0.3 is 0 Å². The molecule has 0 aromatic heterocycles. The summed E-state index contributed by atoms with van der Waals surface area (Å²) in [6.45, 7) is 8.66. The summed E-state index contributed by atoms with van der Waals surface area (Å²) in [5.41, 5.74) is 0. The molecular formula is C16H35NiO2P. The molecule has 1 N–H and O–H groups in total. The third-order valence-corrected chi connectivity index (χ3v) is 6.35. The van der Waals surface area contributed by atoms with Crippen LogP contribution in [0.3, 0.4) is 0 Å². The Morgan fingerprint density at radius 2 is 1.20 bits per heavy atom. The number of hydrogen-bond acceptors (Lipinski definition) is 1. The Labute approximate surface area is 136 Å². The van der Waals surface area contributed by atoms with Crippen molar-refractivity contribution in [1.29, 1.82) is 0 Å². The summed E-state index contributed by atoms with van der Waals surface area (Å²) in [5, 5.41) is 0. The minimum Gasteiger partial charge on any atom is -0.344 e. The van der Waals surface area contributed by atoms with Gasteiger partial charge in [0.05, 0.1) is 0 Å². The van der Waals surface area contributed by atoms with Crippen LogP contribution in [0, 0.1) is 11.8 Å². The molecule has 2 atom stereocenters. The van der Waals surface area contributed by atoms with Crippen molar-refractivity contribution in [3.63, 3.8) is 0 Å². The zero-order valence-corrected chi connectivity index (χ0v) is 15.7. The fourth-order valence-electron chi connectivity index (χ4n) is 2.72. The van der Waals surface area contributed by atoms with Gasteiger partial charge in [-0.3, -0.25) is 4.57 Å². The number of unbranched alkanes of at least 4 members (excludes halogenated alkanes) is 2. The normalized spacial score (nSPS) is 17.1. The summed E-state index contributed by atoms with van der Waals surface area (Å²) in [7, 11) is -2.92. The van der Waals surface area contributed by atoms with Crippen LogP contribution in [0.1, 0.15) is 79.1 Å². The van der Waals surface area contributed by atoms with E-state index in [1.807, 2.05) is 0 Å². The van der Waals surface area contributed by atoms with Crippen LogP contribution < -0.4 is 0 Å². The van der Waals surface area contributed by atoms with Crippen molar-refractivity contribution in [2.24, 2.45) is 11.8 Å². The van der Waals surface area contributed by atoms with Gasteiger partial charge in [-0.05, 0) is 24.7 Å². The van der Waals surface area contributed by atoms with Crippen molar-refractivity contribution in [3.8, 4) is 0 Å². The van der Waals surface area contributed by atoms with Gasteiger partial charge in [-0.25, -0.2) is 0 Å². The van der Waals surface area contributed by atoms with Crippen molar-refractivity contribution in [2.45, 2.75) is 79.1 Å². The molecule has 0 bridgehead atoms. The van der Waals surface area contributed by atoms with Gasteiger partial charge in [0.1, 0.15) is 0 Å². The summed E-state index contributed by atoms with van der Waals surface area (Å²) in [6, 6.07) is 0. The predicted molar refractivity (Wildman–Crippen MR) is 86.2 cm³/mol. The molecule has 0 aromatic carbocycles. The Morgan fingerprint density at radius 3 is 1.45 bits per heavy atom. The van der Waals surface area contributed by atoms with E-state index in [1.54, 1.807) is 0 Å². The second-order valence-corrected chi connectivity index (χ2v) is 8.47. The second-order valence-electron chi connectivity index (χ2n) is 6.04. The molecular weight excluding hydrogens is 314 g/mol. The monoisotopic (exact) mass is 348 g/mol. The minimum atomic E-state index is -2.92. The summed E-state index contributed by atoms with van der Waals surface area (Å²) < 4.78 is 12.4. The molecule has 0 saturated carbocycles. The van der Waals surface area contributed by atoms with Gasteiger partial charge in [0.25, 0.3) is 0 Å². The zero-order valence-electron chi connectivity index (χ0n) is 13.8. The van der Waals surface area contributed by atoms with Gasteiger partial charge in [-0.15, -0.1) is 0 Å². The molecule has 0 aliphatic carbocycles. The van der Waals surface area contributed by atoms with Crippen LogP contribution in [0.2, 0.25) is 0 Å². The summed E-state index contributed by atoms with van der Waals surface area (Å²) in [6.07, 6.45) is 10.1. The fraction of sp³-hybridized carbons (Fsp3) is 1.00. The predicted octanol–water partition coefficient (Wildman–Crippen LogP) is 5.69. The summed E-state index contributed by atoms with van der Waals surface area (Å²) >= 11 is 0. The van der Waals surface area contributed by atoms with Crippen LogP contribution in [0.25, 0.3) is 0 Å². The average molecular weight is 349 g/mol. The van der Waals surface area contributed by atoms with E-state index in [0.29, 0.717) is 24.2 Å². The summed E-state index contributed by atoms with van der Waals surface area (Å²) in [5.74, 6) is 0.888. The zero-order chi connectivity index (χ0) is 14.7. The average Bonchev–Trinajstić information content (AvgIpc) is 2.39. The van der Waals surface area contributed by atoms with Crippen LogP contribution >= 0.6 is 7.37 Å². The van der Waals surface area contributed by atoms with Crippen LogP contribution in [-0.4, -0.2) is 17.2 Å². The van der Waals surface area contributed by atoms with Crippen molar-refractivity contribution in [1.82, 2.24) is 0 Å². The second kappa shape index (κ2) is 13.4. The molecule has 2 unspecified atom stereocenters. The standard InChI is InChI=1S/C16H35O2P.Ni/c1-5-9-11-15(7-3)13-19(17,18)14-16(8-4)12-10-6-2;/h15-16H,5-14H2,1-4H3,(H,17,18);. The molecule has 0 saturated heterocycles. The Bertz CT molecular complexity index is 237. The molecule has 4 heteroatoms. The molecule has 0 aromatic rings. The van der Waals surface area contributed by atoms with Crippen LogP contribution in [-0.2, 0) is 21.1 Å². The first-order chi connectivity index (χ1) is 8.99. The molecule has 0 heterocycles. The fourth-order valence-corrected chi connectivity index (χ4v) is 5.36. The SMILES string of the molecule is CCCCC(CC)CP(=O)(O)CC(CC)CCCC.[Ni]. The Kier molecular flexibility index (Phi) is 15.3. The first kappa shape index (κ1) is 23.0. The topological polar surface area (TPSA) is 37.3 Å². The van der Waals surface area contributed by atoms with E-state index in [-0.39, 0.29) is 16.5 Å². The first-order valence-corrected chi connectivity index (χ1v) is 10.3. The molecule has 0 amide bonds. The third-order valence-electron chi connectivity index (χ3n) is 4.17. The van der Waals surface area contributed by atoms with Crippen molar-refractivity contribution >= 4 is 7.37 Å². The maximum absolute atomic E-state index is 12.4. The van der Waals surface area contributed by atoms with Gasteiger partial charge in [0.2, 0.25) is 7.37 Å². The molecule has 2 nitrogen and oxygen atoms in total. The molecule has 20 heavy (non-hydrogen) atoms. The molecule has 0 spiro atoms. The van der Waals surface area contributed by atoms with Gasteiger partial charge in [0, 0.05) is 28.8 Å². The maximum atomic E-state index is 12.4. The quantitative estimate of drug-likeness (QED) is 0.363. The summed E-state index contributed by atoms with van der Waals surface area (Å²) in [4.78, 5) is 10.3. The van der Waals surface area contributed by atoms with Crippen molar-refractivity contribution in [3.05, 3.63) is 0 Å². The molecule has 0 aliphatic heterocycles. The molecule has 0 radical (unpaired) electrons. The number of hydrogen-bond donors (Lipinski definition) is 1. The van der Waals surface area contributed by atoms with E-state index in [0.717, 1.165) is 25.7 Å². The largest absolute Gasteiger partial charge is 0.344 e. The Hall–Kier alpha value is 0.684. The number of rotatable bonds is 12. The van der Waals surface area contributed by atoms with Gasteiger partial charge < -0.3 is 4.89 Å². The van der Waals surface area contributed by atoms with Crippen molar-refractivity contribution in [2.75, 3.05) is 12.3 Å². The van der Waals surface area contributed by atoms with E-state index in [9.17, 15) is 9.46 Å².